The lowest BCUT2D eigenvalue weighted by atomic mass is 9.94. The van der Waals surface area contributed by atoms with E-state index in [-0.39, 0.29) is 19.0 Å². The number of methoxy groups -OCH3 is 1. The molecule has 1 aliphatic rings. The zero-order chi connectivity index (χ0) is 15.5. The van der Waals surface area contributed by atoms with Gasteiger partial charge in [-0.15, -0.1) is 0 Å². The summed E-state index contributed by atoms with van der Waals surface area (Å²) in [6.45, 7) is 0.282. The molecule has 1 fully saturated rings. The van der Waals surface area contributed by atoms with Gasteiger partial charge in [-0.3, -0.25) is 9.59 Å². The second kappa shape index (κ2) is 6.45. The smallest absolute Gasteiger partial charge is 0.323 e. The second-order valence-electron chi connectivity index (χ2n) is 5.20. The van der Waals surface area contributed by atoms with Gasteiger partial charge >= 0.3 is 5.97 Å². The van der Waals surface area contributed by atoms with Crippen LogP contribution in [0, 0.1) is 0 Å². The van der Waals surface area contributed by atoms with Crippen LogP contribution in [-0.4, -0.2) is 48.7 Å². The van der Waals surface area contributed by atoms with Crippen LogP contribution in [0.3, 0.4) is 0 Å². The number of carboxylic acid groups (broad SMARTS) is 1. The fourth-order valence-corrected chi connectivity index (χ4v) is 2.57. The van der Waals surface area contributed by atoms with Crippen LogP contribution in [0.15, 0.2) is 24.3 Å². The van der Waals surface area contributed by atoms with Crippen molar-refractivity contribution in [2.45, 2.75) is 18.3 Å². The minimum absolute atomic E-state index is 0.149. The molecule has 1 saturated carbocycles. The maximum atomic E-state index is 12.7. The van der Waals surface area contributed by atoms with Crippen LogP contribution < -0.4 is 0 Å². The molecule has 0 unspecified atom stereocenters. The summed E-state index contributed by atoms with van der Waals surface area (Å²) in [6.07, 6.45) is 1.47. The number of carboxylic acids is 1. The van der Waals surface area contributed by atoms with E-state index in [4.69, 9.17) is 21.4 Å². The zero-order valence-electron chi connectivity index (χ0n) is 11.8. The first-order valence-electron chi connectivity index (χ1n) is 6.76. The third kappa shape index (κ3) is 3.54. The summed E-state index contributed by atoms with van der Waals surface area (Å²) in [7, 11) is 1.52. The third-order valence-corrected chi connectivity index (χ3v) is 3.99. The fourth-order valence-electron chi connectivity index (χ4n) is 2.44. The average Bonchev–Trinajstić information content (AvgIpc) is 3.24. The number of hydrogen-bond donors (Lipinski definition) is 1. The number of rotatable bonds is 7. The van der Waals surface area contributed by atoms with Gasteiger partial charge in [0.15, 0.2) is 0 Å². The predicted octanol–water partition coefficient (Wildman–Crippen LogP) is 1.93. The van der Waals surface area contributed by atoms with Gasteiger partial charge in [0.2, 0.25) is 5.91 Å². The quantitative estimate of drug-likeness (QED) is 0.835. The van der Waals surface area contributed by atoms with Gasteiger partial charge < -0.3 is 14.7 Å². The van der Waals surface area contributed by atoms with Gasteiger partial charge in [-0.05, 0) is 30.5 Å². The fraction of sp³-hybridized carbons (Fsp3) is 0.467. The van der Waals surface area contributed by atoms with E-state index in [9.17, 15) is 9.59 Å². The number of halogens is 1. The van der Waals surface area contributed by atoms with E-state index in [1.807, 2.05) is 12.1 Å². The summed E-state index contributed by atoms with van der Waals surface area (Å²) in [4.78, 5) is 25.0. The highest BCUT2D eigenvalue weighted by Crippen LogP contribution is 2.49. The number of hydrogen-bond acceptors (Lipinski definition) is 3. The first-order chi connectivity index (χ1) is 9.99. The predicted molar refractivity (Wildman–Crippen MR) is 78.5 cm³/mol. The van der Waals surface area contributed by atoms with E-state index < -0.39 is 11.4 Å². The first kappa shape index (κ1) is 15.8. The number of aliphatic carboxylic acids is 1. The summed E-state index contributed by atoms with van der Waals surface area (Å²) in [5, 5.41) is 9.59. The van der Waals surface area contributed by atoms with Gasteiger partial charge in [0.1, 0.15) is 6.54 Å². The van der Waals surface area contributed by atoms with Crippen LogP contribution in [-0.2, 0) is 19.7 Å². The van der Waals surface area contributed by atoms with E-state index in [0.717, 1.165) is 18.4 Å². The minimum Gasteiger partial charge on any atom is -0.480 e. The van der Waals surface area contributed by atoms with Crippen LogP contribution in [0.5, 0.6) is 0 Å². The van der Waals surface area contributed by atoms with Crippen molar-refractivity contribution >= 4 is 23.5 Å². The van der Waals surface area contributed by atoms with Gasteiger partial charge in [-0.1, -0.05) is 23.7 Å². The van der Waals surface area contributed by atoms with Crippen molar-refractivity contribution in [3.05, 3.63) is 34.9 Å². The molecule has 0 bridgehead atoms. The molecule has 0 saturated heterocycles. The number of ether oxygens (including phenoxy) is 1. The Hall–Kier alpha value is -1.59. The molecule has 0 heterocycles. The maximum Gasteiger partial charge on any atom is 0.323 e. The summed E-state index contributed by atoms with van der Waals surface area (Å²) < 4.78 is 4.95. The molecule has 0 radical (unpaired) electrons. The van der Waals surface area contributed by atoms with Gasteiger partial charge in [0.25, 0.3) is 0 Å². The topological polar surface area (TPSA) is 66.8 Å². The molecule has 0 aliphatic heterocycles. The van der Waals surface area contributed by atoms with E-state index >= 15 is 0 Å². The maximum absolute atomic E-state index is 12.7. The molecule has 6 heteroatoms. The summed E-state index contributed by atoms with van der Waals surface area (Å²) in [5.41, 5.74) is 0.304. The highest BCUT2D eigenvalue weighted by Gasteiger charge is 2.53. The van der Waals surface area contributed by atoms with E-state index in [2.05, 4.69) is 0 Å². The molecular weight excluding hydrogens is 294 g/mol. The molecule has 1 aliphatic carbocycles. The second-order valence-corrected chi connectivity index (χ2v) is 5.64. The van der Waals surface area contributed by atoms with Crippen molar-refractivity contribution in [1.29, 1.82) is 0 Å². The Labute approximate surface area is 128 Å². The number of benzene rings is 1. The van der Waals surface area contributed by atoms with Crippen LogP contribution in [0.25, 0.3) is 0 Å². The monoisotopic (exact) mass is 311 g/mol. The van der Waals surface area contributed by atoms with Crippen LogP contribution in [0.4, 0.5) is 0 Å². The first-order valence-corrected chi connectivity index (χ1v) is 7.13. The molecular formula is C15H18ClNO4. The summed E-state index contributed by atoms with van der Waals surface area (Å²) >= 11 is 5.87. The average molecular weight is 312 g/mol. The van der Waals surface area contributed by atoms with E-state index in [0.29, 0.717) is 11.6 Å². The van der Waals surface area contributed by atoms with Gasteiger partial charge in [0.05, 0.1) is 12.0 Å². The van der Waals surface area contributed by atoms with Gasteiger partial charge in [0, 0.05) is 18.7 Å². The lowest BCUT2D eigenvalue weighted by molar-refractivity contribution is -0.146. The van der Waals surface area contributed by atoms with Crippen LogP contribution >= 0.6 is 11.6 Å². The molecule has 1 N–H and O–H groups in total. The molecule has 114 valence electrons. The lowest BCUT2D eigenvalue weighted by Crippen LogP contribution is -2.43. The molecule has 1 amide bonds. The summed E-state index contributed by atoms with van der Waals surface area (Å²) in [5.74, 6) is -1.17. The third-order valence-electron chi connectivity index (χ3n) is 3.73. The van der Waals surface area contributed by atoms with Gasteiger partial charge in [-0.2, -0.15) is 0 Å². The van der Waals surface area contributed by atoms with Crippen molar-refractivity contribution < 1.29 is 19.4 Å². The Morgan fingerprint density at radius 3 is 2.43 bits per heavy atom. The Bertz CT molecular complexity index is 525. The van der Waals surface area contributed by atoms with Gasteiger partial charge in [-0.25, -0.2) is 0 Å². The molecule has 0 spiro atoms. The Morgan fingerprint density at radius 1 is 1.33 bits per heavy atom. The highest BCUT2D eigenvalue weighted by molar-refractivity contribution is 6.30. The largest absolute Gasteiger partial charge is 0.480 e. The van der Waals surface area contributed by atoms with Crippen molar-refractivity contribution in [2.75, 3.05) is 26.8 Å². The highest BCUT2D eigenvalue weighted by atomic mass is 35.5. The number of carbonyl (C=O) groups is 2. The minimum atomic E-state index is -1.02. The van der Waals surface area contributed by atoms with Crippen molar-refractivity contribution in [3.8, 4) is 0 Å². The van der Waals surface area contributed by atoms with Crippen molar-refractivity contribution in [1.82, 2.24) is 4.90 Å². The van der Waals surface area contributed by atoms with Crippen molar-refractivity contribution in [3.63, 3.8) is 0 Å². The SMILES string of the molecule is COCCN(CC(=O)O)C(=O)C1(c2ccc(Cl)cc2)CC1. The number of carbonyl (C=O) groups excluding carboxylic acids is 1. The van der Waals surface area contributed by atoms with Crippen LogP contribution in [0.2, 0.25) is 5.02 Å². The Kier molecular flexibility index (Phi) is 4.85. The molecule has 5 nitrogen and oxygen atoms in total. The zero-order valence-corrected chi connectivity index (χ0v) is 12.6. The van der Waals surface area contributed by atoms with E-state index in [1.54, 1.807) is 12.1 Å². The molecule has 1 aromatic carbocycles. The molecule has 21 heavy (non-hydrogen) atoms. The molecule has 0 atom stereocenters. The molecule has 1 aromatic rings. The van der Waals surface area contributed by atoms with Crippen LogP contribution in [0.1, 0.15) is 18.4 Å². The number of amides is 1. The Morgan fingerprint density at radius 2 is 1.95 bits per heavy atom. The normalized spacial score (nSPS) is 15.5. The molecule has 2 rings (SSSR count). The number of nitrogens with zero attached hydrogens (tertiary/aromatic N) is 1. The summed E-state index contributed by atoms with van der Waals surface area (Å²) in [6, 6.07) is 7.17. The lowest BCUT2D eigenvalue weighted by Gasteiger charge is -2.26. The standard InChI is InChI=1S/C15H18ClNO4/c1-21-9-8-17(10-13(18)19)14(20)15(6-7-15)11-2-4-12(16)5-3-11/h2-5H,6-10H2,1H3,(H,18,19). The Balaban J connectivity index is 2.18. The van der Waals surface area contributed by atoms with Crippen molar-refractivity contribution in [2.24, 2.45) is 0 Å². The molecule has 0 aromatic heterocycles. The van der Waals surface area contributed by atoms with E-state index in [1.165, 1.54) is 12.0 Å².